The standard InChI is InChI=1S/C30H31N9O3/c1-17-12-25(36-26-13-24(38-39-26)30(3,4)41)37-28(34-17)21-7-10-23(32-16-21)29(40)35-18(2)19-6-9-22(31-14-19)20-8-11-27(42-5)33-15-20/h6-16,18,41H,1-5H3,(H,35,40)(H2,34,36,37,38,39). The van der Waals surface area contributed by atoms with Crippen LogP contribution in [-0.2, 0) is 5.60 Å². The summed E-state index contributed by atoms with van der Waals surface area (Å²) in [5, 5.41) is 23.3. The zero-order chi connectivity index (χ0) is 29.9. The summed E-state index contributed by atoms with van der Waals surface area (Å²) in [6.07, 6.45) is 5.00. The SMILES string of the molecule is COc1ccc(-c2ccc(C(C)NC(=O)c3ccc(-c4nc(C)cc(Nc5cc(C(C)(C)O)[nH]n5)n4)cn3)cn2)cn1. The van der Waals surface area contributed by atoms with Crippen molar-refractivity contribution >= 4 is 17.5 Å². The number of hydrogen-bond donors (Lipinski definition) is 4. The molecule has 0 aromatic carbocycles. The number of aryl methyl sites for hydroxylation is 1. The minimum Gasteiger partial charge on any atom is -0.481 e. The number of anilines is 2. The number of aromatic amines is 1. The van der Waals surface area contributed by atoms with Crippen LogP contribution in [0.5, 0.6) is 5.88 Å². The molecule has 5 rings (SSSR count). The molecule has 0 aliphatic rings. The maximum absolute atomic E-state index is 12.9. The predicted molar refractivity (Wildman–Crippen MR) is 157 cm³/mol. The summed E-state index contributed by atoms with van der Waals surface area (Å²) in [6, 6.07) is 14.1. The number of nitrogens with one attached hydrogen (secondary N) is 3. The second-order valence-electron chi connectivity index (χ2n) is 10.3. The average molecular weight is 566 g/mol. The largest absolute Gasteiger partial charge is 0.481 e. The fourth-order valence-corrected chi connectivity index (χ4v) is 4.09. The number of carbonyl (C=O) groups excluding carboxylic acids is 1. The topological polar surface area (TPSA) is 164 Å². The van der Waals surface area contributed by atoms with E-state index < -0.39 is 5.60 Å². The number of aromatic nitrogens is 7. The number of hydrogen-bond acceptors (Lipinski definition) is 10. The first-order valence-electron chi connectivity index (χ1n) is 13.2. The Hall–Kier alpha value is -5.23. The smallest absolute Gasteiger partial charge is 0.270 e. The van der Waals surface area contributed by atoms with E-state index in [0.29, 0.717) is 34.6 Å². The van der Waals surface area contributed by atoms with E-state index in [2.05, 4.69) is 45.8 Å². The van der Waals surface area contributed by atoms with E-state index in [9.17, 15) is 9.90 Å². The van der Waals surface area contributed by atoms with Crippen LogP contribution in [0.3, 0.4) is 0 Å². The molecule has 0 saturated heterocycles. The van der Waals surface area contributed by atoms with Gasteiger partial charge >= 0.3 is 0 Å². The van der Waals surface area contributed by atoms with Gasteiger partial charge in [0.2, 0.25) is 5.88 Å². The van der Waals surface area contributed by atoms with E-state index in [1.807, 2.05) is 32.0 Å². The van der Waals surface area contributed by atoms with Gasteiger partial charge in [0.25, 0.3) is 5.91 Å². The Labute approximate surface area is 242 Å². The number of ether oxygens (including phenoxy) is 1. The van der Waals surface area contributed by atoms with Gasteiger partial charge in [0.05, 0.1) is 24.5 Å². The second kappa shape index (κ2) is 11.7. The van der Waals surface area contributed by atoms with Crippen molar-refractivity contribution in [1.29, 1.82) is 0 Å². The summed E-state index contributed by atoms with van der Waals surface area (Å²) in [5.41, 5.74) is 3.66. The fraction of sp³-hybridized carbons (Fsp3) is 0.233. The van der Waals surface area contributed by atoms with Crippen LogP contribution in [0.2, 0.25) is 0 Å². The van der Waals surface area contributed by atoms with E-state index >= 15 is 0 Å². The Balaban J connectivity index is 1.24. The molecule has 0 aliphatic heterocycles. The molecule has 214 valence electrons. The fourth-order valence-electron chi connectivity index (χ4n) is 4.09. The highest BCUT2D eigenvalue weighted by Gasteiger charge is 2.19. The lowest BCUT2D eigenvalue weighted by molar-refractivity contribution is 0.0738. The molecule has 1 amide bonds. The zero-order valence-electron chi connectivity index (χ0n) is 23.9. The van der Waals surface area contributed by atoms with Gasteiger partial charge in [-0.25, -0.2) is 15.0 Å². The Morgan fingerprint density at radius 1 is 0.952 bits per heavy atom. The summed E-state index contributed by atoms with van der Waals surface area (Å²) in [4.78, 5) is 35.1. The van der Waals surface area contributed by atoms with Crippen LogP contribution in [0.15, 0.2) is 67.1 Å². The number of nitrogens with zero attached hydrogens (tertiary/aromatic N) is 6. The lowest BCUT2D eigenvalue weighted by atomic mass is 10.1. The first kappa shape index (κ1) is 28.3. The molecule has 42 heavy (non-hydrogen) atoms. The molecular weight excluding hydrogens is 534 g/mol. The van der Waals surface area contributed by atoms with E-state index in [1.54, 1.807) is 69.9 Å². The third kappa shape index (κ3) is 6.56. The van der Waals surface area contributed by atoms with Crippen LogP contribution in [0.1, 0.15) is 54.3 Å². The van der Waals surface area contributed by atoms with Crippen LogP contribution >= 0.6 is 0 Å². The van der Waals surface area contributed by atoms with Gasteiger partial charge in [0.1, 0.15) is 17.1 Å². The number of H-pyrrole nitrogens is 1. The molecule has 5 aromatic rings. The summed E-state index contributed by atoms with van der Waals surface area (Å²) in [5.74, 6) is 1.71. The minimum absolute atomic E-state index is 0.265. The third-order valence-electron chi connectivity index (χ3n) is 6.48. The zero-order valence-corrected chi connectivity index (χ0v) is 23.9. The number of aliphatic hydroxyl groups is 1. The highest BCUT2D eigenvalue weighted by molar-refractivity contribution is 5.92. The van der Waals surface area contributed by atoms with Crippen molar-refractivity contribution in [1.82, 2.24) is 40.4 Å². The molecule has 4 N–H and O–H groups in total. The Kier molecular flexibility index (Phi) is 7.89. The van der Waals surface area contributed by atoms with Gasteiger partial charge in [-0.05, 0) is 57.5 Å². The van der Waals surface area contributed by atoms with E-state index in [1.165, 1.54) is 0 Å². The lowest BCUT2D eigenvalue weighted by Crippen LogP contribution is -2.27. The minimum atomic E-state index is -1.05. The normalized spacial score (nSPS) is 12.0. The maximum atomic E-state index is 12.9. The molecule has 0 aliphatic carbocycles. The van der Waals surface area contributed by atoms with E-state index in [4.69, 9.17) is 4.74 Å². The van der Waals surface area contributed by atoms with Crippen molar-refractivity contribution < 1.29 is 14.6 Å². The highest BCUT2D eigenvalue weighted by Crippen LogP contribution is 2.24. The van der Waals surface area contributed by atoms with Crippen LogP contribution < -0.4 is 15.4 Å². The quantitative estimate of drug-likeness (QED) is 0.200. The van der Waals surface area contributed by atoms with E-state index in [-0.39, 0.29) is 17.6 Å². The average Bonchev–Trinajstić information content (AvgIpc) is 3.46. The molecule has 5 aromatic heterocycles. The summed E-state index contributed by atoms with van der Waals surface area (Å²) in [6.45, 7) is 7.09. The molecule has 12 heteroatoms. The molecule has 0 fully saturated rings. The first-order chi connectivity index (χ1) is 20.1. The first-order valence-corrected chi connectivity index (χ1v) is 13.2. The number of methoxy groups -OCH3 is 1. The highest BCUT2D eigenvalue weighted by atomic mass is 16.5. The second-order valence-corrected chi connectivity index (χ2v) is 10.3. The lowest BCUT2D eigenvalue weighted by Gasteiger charge is -2.14. The Bertz CT molecular complexity index is 1680. The van der Waals surface area contributed by atoms with Crippen molar-refractivity contribution in [3.05, 3.63) is 89.8 Å². The predicted octanol–water partition coefficient (Wildman–Crippen LogP) is 4.50. The molecule has 0 saturated carbocycles. The molecular formula is C30H31N9O3. The van der Waals surface area contributed by atoms with Gasteiger partial charge in [-0.1, -0.05) is 6.07 Å². The Morgan fingerprint density at radius 2 is 1.74 bits per heavy atom. The van der Waals surface area contributed by atoms with Crippen LogP contribution in [-0.4, -0.2) is 53.2 Å². The number of rotatable bonds is 9. The van der Waals surface area contributed by atoms with Crippen LogP contribution in [0, 0.1) is 6.92 Å². The van der Waals surface area contributed by atoms with Gasteiger partial charge in [0.15, 0.2) is 11.6 Å². The van der Waals surface area contributed by atoms with Crippen LogP contribution in [0.25, 0.3) is 22.6 Å². The molecule has 0 bridgehead atoms. The maximum Gasteiger partial charge on any atom is 0.270 e. The molecule has 1 unspecified atom stereocenters. The van der Waals surface area contributed by atoms with Crippen molar-refractivity contribution in [2.45, 2.75) is 39.3 Å². The monoisotopic (exact) mass is 565 g/mol. The molecule has 0 radical (unpaired) electrons. The number of carbonyl (C=O) groups is 1. The summed E-state index contributed by atoms with van der Waals surface area (Å²) in [7, 11) is 1.57. The van der Waals surface area contributed by atoms with Crippen LogP contribution in [0.4, 0.5) is 11.6 Å². The summed E-state index contributed by atoms with van der Waals surface area (Å²) < 4.78 is 5.10. The van der Waals surface area contributed by atoms with Gasteiger partial charge in [-0.2, -0.15) is 5.10 Å². The number of pyridine rings is 3. The number of amides is 1. The van der Waals surface area contributed by atoms with Crippen molar-refractivity contribution in [3.63, 3.8) is 0 Å². The van der Waals surface area contributed by atoms with Gasteiger partial charge in [-0.3, -0.25) is 19.9 Å². The van der Waals surface area contributed by atoms with E-state index in [0.717, 1.165) is 22.5 Å². The van der Waals surface area contributed by atoms with Crippen molar-refractivity contribution in [2.75, 3.05) is 12.4 Å². The van der Waals surface area contributed by atoms with Crippen molar-refractivity contribution in [3.8, 4) is 28.5 Å². The van der Waals surface area contributed by atoms with Crippen molar-refractivity contribution in [2.24, 2.45) is 0 Å². The van der Waals surface area contributed by atoms with Gasteiger partial charge in [0, 0.05) is 53.6 Å². The molecule has 1 atom stereocenters. The molecule has 5 heterocycles. The summed E-state index contributed by atoms with van der Waals surface area (Å²) >= 11 is 0. The molecule has 0 spiro atoms. The Morgan fingerprint density at radius 3 is 2.36 bits per heavy atom. The van der Waals surface area contributed by atoms with Gasteiger partial charge in [-0.15, -0.1) is 0 Å². The molecule has 12 nitrogen and oxygen atoms in total. The van der Waals surface area contributed by atoms with Gasteiger partial charge < -0.3 is 20.5 Å². The third-order valence-corrected chi connectivity index (χ3v) is 6.48.